The molecule has 0 radical (unpaired) electrons. The molecule has 0 bridgehead atoms. The van der Waals surface area contributed by atoms with Gasteiger partial charge in [-0.3, -0.25) is 0 Å². The number of halogens is 2. The summed E-state index contributed by atoms with van der Waals surface area (Å²) in [5, 5.41) is 0. The summed E-state index contributed by atoms with van der Waals surface area (Å²) in [6.07, 6.45) is 0.974. The standard InChI is InChI=1S/C9H8I2O/c1-6(5-12)7-2-8(10)4-9(11)3-7/h2-6H,1H3. The van der Waals surface area contributed by atoms with E-state index in [2.05, 4.69) is 51.2 Å². The van der Waals surface area contributed by atoms with E-state index in [1.54, 1.807) is 0 Å². The van der Waals surface area contributed by atoms with Crippen LogP contribution in [0, 0.1) is 7.14 Å². The van der Waals surface area contributed by atoms with Gasteiger partial charge in [-0.05, 0) is 68.9 Å². The van der Waals surface area contributed by atoms with Crippen molar-refractivity contribution in [3.63, 3.8) is 0 Å². The van der Waals surface area contributed by atoms with Crippen LogP contribution in [0.3, 0.4) is 0 Å². The van der Waals surface area contributed by atoms with Crippen LogP contribution in [0.25, 0.3) is 0 Å². The lowest BCUT2D eigenvalue weighted by atomic mass is 10.0. The second kappa shape index (κ2) is 4.55. The zero-order chi connectivity index (χ0) is 9.14. The summed E-state index contributed by atoms with van der Waals surface area (Å²) in [4.78, 5) is 10.5. The summed E-state index contributed by atoms with van der Waals surface area (Å²) in [5.41, 5.74) is 1.10. The Kier molecular flexibility index (Phi) is 3.95. The minimum absolute atomic E-state index is 0.00762. The minimum atomic E-state index is 0.00762. The van der Waals surface area contributed by atoms with E-state index in [1.807, 2.05) is 19.1 Å². The highest BCUT2D eigenvalue weighted by Crippen LogP contribution is 2.19. The molecule has 0 aliphatic heterocycles. The number of carbonyl (C=O) groups excluding carboxylic acids is 1. The molecule has 0 heterocycles. The van der Waals surface area contributed by atoms with Gasteiger partial charge in [0.25, 0.3) is 0 Å². The van der Waals surface area contributed by atoms with Crippen molar-refractivity contribution >= 4 is 51.5 Å². The largest absolute Gasteiger partial charge is 0.303 e. The Morgan fingerprint density at radius 1 is 1.25 bits per heavy atom. The van der Waals surface area contributed by atoms with Gasteiger partial charge in [0, 0.05) is 13.1 Å². The van der Waals surface area contributed by atoms with E-state index < -0.39 is 0 Å². The summed E-state index contributed by atoms with van der Waals surface area (Å²) >= 11 is 4.52. The number of hydrogen-bond donors (Lipinski definition) is 0. The van der Waals surface area contributed by atoms with Crippen molar-refractivity contribution in [1.82, 2.24) is 0 Å². The van der Waals surface area contributed by atoms with Crippen molar-refractivity contribution in [1.29, 1.82) is 0 Å². The third-order valence-electron chi connectivity index (χ3n) is 1.61. The molecule has 1 unspecified atom stereocenters. The molecule has 0 fully saturated rings. The summed E-state index contributed by atoms with van der Waals surface area (Å²) in [6, 6.07) is 6.17. The first kappa shape index (κ1) is 10.4. The molecular weight excluding hydrogens is 378 g/mol. The Hall–Kier alpha value is 0.350. The summed E-state index contributed by atoms with van der Waals surface area (Å²) in [5.74, 6) is 0.00762. The lowest BCUT2D eigenvalue weighted by Gasteiger charge is -2.04. The second-order valence-electron chi connectivity index (χ2n) is 2.63. The van der Waals surface area contributed by atoms with Gasteiger partial charge < -0.3 is 4.79 Å². The number of hydrogen-bond acceptors (Lipinski definition) is 1. The maximum Gasteiger partial charge on any atom is 0.127 e. The van der Waals surface area contributed by atoms with Crippen LogP contribution < -0.4 is 0 Å². The van der Waals surface area contributed by atoms with Crippen molar-refractivity contribution in [3.05, 3.63) is 30.9 Å². The SMILES string of the molecule is CC(C=O)c1cc(I)cc(I)c1. The summed E-state index contributed by atoms with van der Waals surface area (Å²) in [7, 11) is 0. The molecule has 1 nitrogen and oxygen atoms in total. The Balaban J connectivity index is 3.08. The average Bonchev–Trinajstić information content (AvgIpc) is 2.01. The van der Waals surface area contributed by atoms with Crippen LogP contribution in [0.2, 0.25) is 0 Å². The highest BCUT2D eigenvalue weighted by Gasteiger charge is 2.04. The molecule has 0 aromatic heterocycles. The van der Waals surface area contributed by atoms with Gasteiger partial charge in [0.1, 0.15) is 6.29 Å². The molecule has 64 valence electrons. The number of rotatable bonds is 2. The van der Waals surface area contributed by atoms with Gasteiger partial charge in [0.2, 0.25) is 0 Å². The van der Waals surface area contributed by atoms with Crippen molar-refractivity contribution in [2.24, 2.45) is 0 Å². The van der Waals surface area contributed by atoms with Crippen LogP contribution in [0.5, 0.6) is 0 Å². The van der Waals surface area contributed by atoms with Crippen LogP contribution >= 0.6 is 45.2 Å². The van der Waals surface area contributed by atoms with Crippen LogP contribution in [0.1, 0.15) is 18.4 Å². The first-order chi connectivity index (χ1) is 5.63. The van der Waals surface area contributed by atoms with E-state index in [0.717, 1.165) is 11.8 Å². The number of aldehydes is 1. The monoisotopic (exact) mass is 386 g/mol. The zero-order valence-corrected chi connectivity index (χ0v) is 10.9. The topological polar surface area (TPSA) is 17.1 Å². The molecule has 1 aromatic carbocycles. The van der Waals surface area contributed by atoms with Gasteiger partial charge >= 0.3 is 0 Å². The predicted molar refractivity (Wildman–Crippen MR) is 66.4 cm³/mol. The van der Waals surface area contributed by atoms with E-state index in [-0.39, 0.29) is 5.92 Å². The molecule has 0 amide bonds. The van der Waals surface area contributed by atoms with Gasteiger partial charge in [-0.1, -0.05) is 6.92 Å². The molecule has 0 saturated carbocycles. The fraction of sp³-hybridized carbons (Fsp3) is 0.222. The minimum Gasteiger partial charge on any atom is -0.303 e. The van der Waals surface area contributed by atoms with Crippen LogP contribution in [0.4, 0.5) is 0 Å². The third kappa shape index (κ3) is 2.69. The molecule has 1 atom stereocenters. The first-order valence-electron chi connectivity index (χ1n) is 3.55. The predicted octanol–water partition coefficient (Wildman–Crippen LogP) is 3.20. The van der Waals surface area contributed by atoms with Gasteiger partial charge in [-0.15, -0.1) is 0 Å². The Morgan fingerprint density at radius 3 is 2.17 bits per heavy atom. The lowest BCUT2D eigenvalue weighted by molar-refractivity contribution is -0.108. The van der Waals surface area contributed by atoms with E-state index in [1.165, 1.54) is 7.14 Å². The Labute approximate surface area is 99.2 Å². The summed E-state index contributed by atoms with van der Waals surface area (Å²) < 4.78 is 2.37. The second-order valence-corrected chi connectivity index (χ2v) is 5.12. The molecule has 0 aliphatic rings. The number of carbonyl (C=O) groups is 1. The van der Waals surface area contributed by atoms with Gasteiger partial charge in [-0.25, -0.2) is 0 Å². The van der Waals surface area contributed by atoms with Crippen molar-refractivity contribution < 1.29 is 4.79 Å². The maximum absolute atomic E-state index is 10.5. The fourth-order valence-corrected chi connectivity index (χ4v) is 2.90. The van der Waals surface area contributed by atoms with Crippen LogP contribution in [-0.2, 0) is 4.79 Å². The van der Waals surface area contributed by atoms with Crippen LogP contribution in [-0.4, -0.2) is 6.29 Å². The van der Waals surface area contributed by atoms with Gasteiger partial charge in [0.05, 0.1) is 0 Å². The smallest absolute Gasteiger partial charge is 0.127 e. The molecule has 1 aromatic rings. The van der Waals surface area contributed by atoms with Crippen molar-refractivity contribution in [2.45, 2.75) is 12.8 Å². The average molecular weight is 386 g/mol. The lowest BCUT2D eigenvalue weighted by Crippen LogP contribution is -1.95. The zero-order valence-electron chi connectivity index (χ0n) is 6.55. The molecule has 12 heavy (non-hydrogen) atoms. The van der Waals surface area contributed by atoms with E-state index in [9.17, 15) is 4.79 Å². The van der Waals surface area contributed by atoms with E-state index in [0.29, 0.717) is 0 Å². The molecule has 1 rings (SSSR count). The molecule has 3 heteroatoms. The summed E-state index contributed by atoms with van der Waals surface area (Å²) in [6.45, 7) is 1.91. The third-order valence-corrected chi connectivity index (χ3v) is 2.86. The van der Waals surface area contributed by atoms with Crippen molar-refractivity contribution in [2.75, 3.05) is 0 Å². The molecule has 0 saturated heterocycles. The van der Waals surface area contributed by atoms with Crippen molar-refractivity contribution in [3.8, 4) is 0 Å². The van der Waals surface area contributed by atoms with Gasteiger partial charge in [0.15, 0.2) is 0 Å². The van der Waals surface area contributed by atoms with Gasteiger partial charge in [-0.2, -0.15) is 0 Å². The van der Waals surface area contributed by atoms with Crippen LogP contribution in [0.15, 0.2) is 18.2 Å². The normalized spacial score (nSPS) is 12.6. The van der Waals surface area contributed by atoms with E-state index in [4.69, 9.17) is 0 Å². The Bertz CT molecular complexity index is 276. The molecule has 0 N–H and O–H groups in total. The fourth-order valence-electron chi connectivity index (χ4n) is 0.917. The quantitative estimate of drug-likeness (QED) is 0.564. The Morgan fingerprint density at radius 2 is 1.75 bits per heavy atom. The molecule has 0 spiro atoms. The maximum atomic E-state index is 10.5. The molecule has 0 aliphatic carbocycles. The molecular formula is C9H8I2O. The highest BCUT2D eigenvalue weighted by atomic mass is 127. The number of benzene rings is 1. The first-order valence-corrected chi connectivity index (χ1v) is 5.70. The van der Waals surface area contributed by atoms with E-state index >= 15 is 0 Å². The highest BCUT2D eigenvalue weighted by molar-refractivity contribution is 14.1.